The van der Waals surface area contributed by atoms with Crippen LogP contribution in [0, 0.1) is 11.8 Å². The van der Waals surface area contributed by atoms with Crippen LogP contribution < -0.4 is 5.32 Å². The van der Waals surface area contributed by atoms with Crippen LogP contribution in [0.2, 0.25) is 0 Å². The molecule has 0 aromatic rings. The topological polar surface area (TPSA) is 12.0 Å². The normalized spacial score (nSPS) is 35.1. The first-order valence-corrected chi connectivity index (χ1v) is 7.59. The van der Waals surface area contributed by atoms with Crippen molar-refractivity contribution >= 4 is 11.8 Å². The summed E-state index contributed by atoms with van der Waals surface area (Å²) in [5.41, 5.74) is 0. The molecular weight excluding hydrogens is 247 g/mol. The zero-order chi connectivity index (χ0) is 12.3. The molecule has 0 radical (unpaired) electrons. The average Bonchev–Trinajstić information content (AvgIpc) is 2.78. The summed E-state index contributed by atoms with van der Waals surface area (Å²) in [6, 6.07) is 0.319. The molecule has 17 heavy (non-hydrogen) atoms. The molecule has 1 saturated heterocycles. The molecule has 2 rings (SSSR count). The number of nitrogens with one attached hydrogen (secondary N) is 1. The predicted molar refractivity (Wildman–Crippen MR) is 65.2 cm³/mol. The Morgan fingerprint density at radius 1 is 1.06 bits per heavy atom. The molecule has 0 aromatic heterocycles. The summed E-state index contributed by atoms with van der Waals surface area (Å²) in [6.45, 7) is 0.994. The lowest BCUT2D eigenvalue weighted by Crippen LogP contribution is -2.39. The van der Waals surface area contributed by atoms with Crippen LogP contribution in [0.4, 0.5) is 13.2 Å². The lowest BCUT2D eigenvalue weighted by Gasteiger charge is -2.31. The van der Waals surface area contributed by atoms with E-state index in [1.807, 2.05) is 11.8 Å². The predicted octanol–water partition coefficient (Wildman–Crippen LogP) is 3.45. The number of alkyl halides is 3. The maximum Gasteiger partial charge on any atom is 0.391 e. The Balaban J connectivity index is 1.65. The van der Waals surface area contributed by atoms with Gasteiger partial charge in [-0.25, -0.2) is 0 Å². The molecule has 0 spiro atoms. The van der Waals surface area contributed by atoms with Gasteiger partial charge in [-0.2, -0.15) is 24.9 Å². The van der Waals surface area contributed by atoms with Gasteiger partial charge in [0.2, 0.25) is 0 Å². The van der Waals surface area contributed by atoms with E-state index in [2.05, 4.69) is 5.32 Å². The number of thioether (sulfide) groups is 1. The van der Waals surface area contributed by atoms with Gasteiger partial charge in [0, 0.05) is 6.04 Å². The highest BCUT2D eigenvalue weighted by Gasteiger charge is 2.41. The lowest BCUT2D eigenvalue weighted by atomic mass is 9.85. The van der Waals surface area contributed by atoms with Crippen LogP contribution in [-0.4, -0.2) is 30.3 Å². The zero-order valence-corrected chi connectivity index (χ0v) is 10.7. The van der Waals surface area contributed by atoms with Gasteiger partial charge >= 0.3 is 6.18 Å². The van der Waals surface area contributed by atoms with Crippen molar-refractivity contribution < 1.29 is 13.2 Å². The Morgan fingerprint density at radius 2 is 1.76 bits per heavy atom. The van der Waals surface area contributed by atoms with Gasteiger partial charge in [-0.15, -0.1) is 0 Å². The summed E-state index contributed by atoms with van der Waals surface area (Å²) in [6.07, 6.45) is -0.738. The fourth-order valence-corrected chi connectivity index (χ4v) is 3.99. The highest BCUT2D eigenvalue weighted by molar-refractivity contribution is 7.99. The second kappa shape index (κ2) is 5.83. The van der Waals surface area contributed by atoms with E-state index in [1.165, 1.54) is 17.9 Å². The number of rotatable bonds is 3. The minimum atomic E-state index is -3.98. The summed E-state index contributed by atoms with van der Waals surface area (Å²) < 4.78 is 37.4. The van der Waals surface area contributed by atoms with Crippen LogP contribution >= 0.6 is 11.8 Å². The maximum atomic E-state index is 12.5. The van der Waals surface area contributed by atoms with E-state index < -0.39 is 12.1 Å². The second-order valence-electron chi connectivity index (χ2n) is 5.23. The van der Waals surface area contributed by atoms with E-state index in [1.54, 1.807) is 0 Å². The third-order valence-electron chi connectivity index (χ3n) is 3.91. The smallest absolute Gasteiger partial charge is 0.314 e. The molecule has 1 saturated carbocycles. The molecule has 0 amide bonds. The summed E-state index contributed by atoms with van der Waals surface area (Å²) in [5, 5.41) is 3.45. The Labute approximate surface area is 105 Å². The second-order valence-corrected chi connectivity index (χ2v) is 6.38. The van der Waals surface area contributed by atoms with Crippen molar-refractivity contribution in [3.05, 3.63) is 0 Å². The van der Waals surface area contributed by atoms with E-state index in [4.69, 9.17) is 0 Å². The van der Waals surface area contributed by atoms with Crippen molar-refractivity contribution in [3.63, 3.8) is 0 Å². The number of hydrogen-bond donors (Lipinski definition) is 1. The highest BCUT2D eigenvalue weighted by Crippen LogP contribution is 2.37. The molecule has 2 aliphatic rings. The summed E-state index contributed by atoms with van der Waals surface area (Å²) in [7, 11) is 0. The van der Waals surface area contributed by atoms with Crippen molar-refractivity contribution in [1.29, 1.82) is 0 Å². The summed E-state index contributed by atoms with van der Waals surface area (Å²) >= 11 is 1.98. The average molecular weight is 267 g/mol. The molecule has 1 heterocycles. The van der Waals surface area contributed by atoms with Gasteiger partial charge in [-0.05, 0) is 56.1 Å². The van der Waals surface area contributed by atoms with Crippen LogP contribution in [-0.2, 0) is 0 Å². The third-order valence-corrected chi connectivity index (χ3v) is 5.14. The van der Waals surface area contributed by atoms with Crippen molar-refractivity contribution in [2.24, 2.45) is 11.8 Å². The van der Waals surface area contributed by atoms with E-state index in [0.717, 1.165) is 12.5 Å². The van der Waals surface area contributed by atoms with Gasteiger partial charge in [-0.3, -0.25) is 0 Å². The van der Waals surface area contributed by atoms with Crippen LogP contribution in [0.15, 0.2) is 0 Å². The first-order chi connectivity index (χ1) is 8.05. The van der Waals surface area contributed by atoms with Gasteiger partial charge in [0.15, 0.2) is 0 Å². The van der Waals surface area contributed by atoms with Crippen molar-refractivity contribution in [2.75, 3.05) is 18.1 Å². The summed E-state index contributed by atoms with van der Waals surface area (Å²) in [5.74, 6) is 2.14. The highest BCUT2D eigenvalue weighted by atomic mass is 32.2. The Hall–Kier alpha value is 0.100. The van der Waals surface area contributed by atoms with E-state index in [0.29, 0.717) is 31.7 Å². The van der Waals surface area contributed by atoms with Gasteiger partial charge in [0.1, 0.15) is 0 Å². The van der Waals surface area contributed by atoms with Gasteiger partial charge in [0.25, 0.3) is 0 Å². The van der Waals surface area contributed by atoms with E-state index >= 15 is 0 Å². The van der Waals surface area contributed by atoms with Crippen LogP contribution in [0.5, 0.6) is 0 Å². The third kappa shape index (κ3) is 4.05. The largest absolute Gasteiger partial charge is 0.391 e. The molecular formula is C12H20F3NS. The van der Waals surface area contributed by atoms with Gasteiger partial charge < -0.3 is 5.32 Å². The molecule has 1 atom stereocenters. The molecule has 1 nitrogen and oxygen atoms in total. The maximum absolute atomic E-state index is 12.5. The lowest BCUT2D eigenvalue weighted by molar-refractivity contribution is -0.182. The molecule has 1 unspecified atom stereocenters. The van der Waals surface area contributed by atoms with Crippen molar-refractivity contribution in [3.8, 4) is 0 Å². The Bertz CT molecular complexity index is 230. The minimum Gasteiger partial charge on any atom is -0.314 e. The van der Waals surface area contributed by atoms with Crippen molar-refractivity contribution in [2.45, 2.75) is 44.3 Å². The number of halogens is 3. The Morgan fingerprint density at radius 3 is 2.29 bits per heavy atom. The molecule has 1 N–H and O–H groups in total. The standard InChI is InChI=1S/C12H20F3NS/c13-12(14,15)10-1-3-11(4-2-10)16-7-9-5-6-17-8-9/h9-11,16H,1-8H2. The quantitative estimate of drug-likeness (QED) is 0.840. The van der Waals surface area contributed by atoms with Crippen molar-refractivity contribution in [1.82, 2.24) is 5.32 Å². The number of hydrogen-bond acceptors (Lipinski definition) is 2. The zero-order valence-electron chi connectivity index (χ0n) is 9.93. The van der Waals surface area contributed by atoms with Crippen LogP contribution in [0.3, 0.4) is 0 Å². The summed E-state index contributed by atoms with van der Waals surface area (Å²) in [4.78, 5) is 0. The SMILES string of the molecule is FC(F)(F)C1CCC(NCC2CCSC2)CC1. The first kappa shape index (κ1) is 13.5. The Kier molecular flexibility index (Phi) is 4.64. The molecule has 2 fully saturated rings. The molecule has 0 bridgehead atoms. The van der Waals surface area contributed by atoms with Crippen LogP contribution in [0.1, 0.15) is 32.1 Å². The molecule has 1 aliphatic heterocycles. The fourth-order valence-electron chi connectivity index (χ4n) is 2.70. The first-order valence-electron chi connectivity index (χ1n) is 6.43. The molecule has 1 aliphatic carbocycles. The van der Waals surface area contributed by atoms with Gasteiger partial charge in [0.05, 0.1) is 5.92 Å². The fraction of sp³-hybridized carbons (Fsp3) is 1.00. The monoisotopic (exact) mass is 267 g/mol. The van der Waals surface area contributed by atoms with Crippen LogP contribution in [0.25, 0.3) is 0 Å². The van der Waals surface area contributed by atoms with E-state index in [-0.39, 0.29) is 0 Å². The van der Waals surface area contributed by atoms with Gasteiger partial charge in [-0.1, -0.05) is 0 Å². The molecule has 100 valence electrons. The molecule has 0 aromatic carbocycles. The van der Waals surface area contributed by atoms with E-state index in [9.17, 15) is 13.2 Å². The minimum absolute atomic E-state index is 0.306. The molecule has 5 heteroatoms.